The zero-order valence-electron chi connectivity index (χ0n) is 18.7. The van der Waals surface area contributed by atoms with Crippen molar-refractivity contribution >= 4 is 29.1 Å². The van der Waals surface area contributed by atoms with Gasteiger partial charge in [0.05, 0.1) is 5.38 Å². The first kappa shape index (κ1) is 21.8. The summed E-state index contributed by atoms with van der Waals surface area (Å²) in [4.78, 5) is 36.7. The molecule has 5 heteroatoms. The lowest BCUT2D eigenvalue weighted by molar-refractivity contribution is -0.153. The van der Waals surface area contributed by atoms with Crippen LogP contribution in [0.2, 0.25) is 0 Å². The van der Waals surface area contributed by atoms with Crippen molar-refractivity contribution in [3.63, 3.8) is 0 Å². The van der Waals surface area contributed by atoms with Crippen LogP contribution in [0.3, 0.4) is 0 Å². The second-order valence-corrected chi connectivity index (χ2v) is 11.2. The van der Waals surface area contributed by atoms with E-state index in [4.69, 9.17) is 16.3 Å². The van der Waals surface area contributed by atoms with E-state index >= 15 is 0 Å². The number of hydrogen-bond acceptors (Lipinski definition) is 4. The Balaban J connectivity index is 1.73. The van der Waals surface area contributed by atoms with Crippen LogP contribution in [0.1, 0.15) is 66.7 Å². The molecule has 2 fully saturated rings. The summed E-state index contributed by atoms with van der Waals surface area (Å²) >= 11 is 6.88. The van der Waals surface area contributed by atoms with Gasteiger partial charge in [0.15, 0.2) is 18.2 Å². The van der Waals surface area contributed by atoms with Gasteiger partial charge in [0.25, 0.3) is 0 Å². The van der Waals surface area contributed by atoms with Crippen LogP contribution in [-0.2, 0) is 19.1 Å². The van der Waals surface area contributed by atoms with Gasteiger partial charge in [0, 0.05) is 24.2 Å². The van der Waals surface area contributed by atoms with Crippen molar-refractivity contribution < 1.29 is 19.1 Å². The molecule has 0 heterocycles. The number of halogens is 1. The van der Waals surface area contributed by atoms with Gasteiger partial charge in [-0.15, -0.1) is 11.6 Å². The highest BCUT2D eigenvalue weighted by atomic mass is 35.5. The monoisotopic (exact) mass is 432 g/mol. The lowest BCUT2D eigenvalue weighted by atomic mass is 9.48. The summed E-state index contributed by atoms with van der Waals surface area (Å²) in [5.74, 6) is 0.686. The number of alkyl halides is 1. The van der Waals surface area contributed by atoms with Gasteiger partial charge >= 0.3 is 5.97 Å². The molecule has 0 aromatic heterocycles. The predicted octanol–water partition coefficient (Wildman–Crippen LogP) is 5.04. The van der Waals surface area contributed by atoms with E-state index in [9.17, 15) is 14.4 Å². The summed E-state index contributed by atoms with van der Waals surface area (Å²) in [6, 6.07) is 0. The smallest absolute Gasteiger partial charge is 0.303 e. The van der Waals surface area contributed by atoms with Gasteiger partial charge in [-0.1, -0.05) is 39.3 Å². The number of ether oxygens (including phenoxy) is 1. The molecule has 30 heavy (non-hydrogen) atoms. The average Bonchev–Trinajstić information content (AvgIpc) is 2.89. The van der Waals surface area contributed by atoms with Crippen molar-refractivity contribution in [2.75, 3.05) is 6.61 Å². The fourth-order valence-corrected chi connectivity index (χ4v) is 7.84. The summed E-state index contributed by atoms with van der Waals surface area (Å²) in [6.45, 7) is 9.95. The molecule has 0 aromatic rings. The molecule has 4 aliphatic rings. The molecule has 4 nitrogen and oxygen atoms in total. The van der Waals surface area contributed by atoms with Crippen LogP contribution in [-0.4, -0.2) is 29.5 Å². The highest BCUT2D eigenvalue weighted by molar-refractivity contribution is 6.23. The molecule has 0 bridgehead atoms. The van der Waals surface area contributed by atoms with E-state index in [0.29, 0.717) is 18.3 Å². The highest BCUT2D eigenvalue weighted by Gasteiger charge is 2.66. The van der Waals surface area contributed by atoms with E-state index in [-0.39, 0.29) is 40.3 Å². The fraction of sp³-hybridized carbons (Fsp3) is 0.720. The van der Waals surface area contributed by atoms with E-state index in [1.807, 2.05) is 0 Å². The van der Waals surface area contributed by atoms with Crippen molar-refractivity contribution in [3.05, 3.63) is 23.3 Å². The van der Waals surface area contributed by atoms with Gasteiger partial charge in [0.2, 0.25) is 0 Å². The molecule has 0 aliphatic heterocycles. The molecule has 0 radical (unpaired) electrons. The summed E-state index contributed by atoms with van der Waals surface area (Å²) < 4.78 is 5.11. The number of carbonyl (C=O) groups excluding carboxylic acids is 3. The van der Waals surface area contributed by atoms with Crippen LogP contribution in [0.4, 0.5) is 0 Å². The Hall–Kier alpha value is -1.42. The summed E-state index contributed by atoms with van der Waals surface area (Å²) in [5.41, 5.74) is 1.64. The number of allylic oxidation sites excluding steroid dienone is 4. The fourth-order valence-electron chi connectivity index (χ4n) is 7.34. The number of Topliss-reactive ketones (excluding diaryl/α,β-unsaturated/α-hetero) is 1. The number of rotatable bonds is 3. The Kier molecular flexibility index (Phi) is 5.12. The van der Waals surface area contributed by atoms with E-state index in [1.165, 1.54) is 12.5 Å². The Labute approximate surface area is 184 Å². The van der Waals surface area contributed by atoms with Crippen LogP contribution in [0.15, 0.2) is 23.3 Å². The lowest BCUT2D eigenvalue weighted by Crippen LogP contribution is -2.52. The van der Waals surface area contributed by atoms with E-state index < -0.39 is 11.4 Å². The molecule has 7 atom stereocenters. The van der Waals surface area contributed by atoms with Crippen molar-refractivity contribution in [3.8, 4) is 0 Å². The molecule has 2 saturated carbocycles. The summed E-state index contributed by atoms with van der Waals surface area (Å²) in [7, 11) is 0. The van der Waals surface area contributed by atoms with Crippen molar-refractivity contribution in [2.45, 2.75) is 72.1 Å². The van der Waals surface area contributed by atoms with Crippen LogP contribution >= 0.6 is 11.6 Å². The maximum atomic E-state index is 13.3. The largest absolute Gasteiger partial charge is 0.458 e. The van der Waals surface area contributed by atoms with Crippen LogP contribution in [0, 0.1) is 34.0 Å². The molecule has 164 valence electrons. The number of hydrogen-bond donors (Lipinski definition) is 0. The van der Waals surface area contributed by atoms with E-state index in [2.05, 4.69) is 33.8 Å². The number of esters is 1. The Morgan fingerprint density at radius 3 is 2.57 bits per heavy atom. The predicted molar refractivity (Wildman–Crippen MR) is 116 cm³/mol. The molecule has 0 saturated heterocycles. The number of carbonyl (C=O) groups is 3. The second-order valence-electron chi connectivity index (χ2n) is 10.6. The van der Waals surface area contributed by atoms with E-state index in [0.717, 1.165) is 31.3 Å². The minimum atomic E-state index is -0.545. The van der Waals surface area contributed by atoms with Gasteiger partial charge in [-0.2, -0.15) is 0 Å². The quantitative estimate of drug-likeness (QED) is 0.356. The Bertz CT molecular complexity index is 872. The molecule has 0 N–H and O–H groups in total. The molecule has 0 aromatic carbocycles. The Morgan fingerprint density at radius 1 is 1.20 bits per heavy atom. The number of ketones is 2. The minimum absolute atomic E-state index is 0.0281. The zero-order valence-corrected chi connectivity index (χ0v) is 19.5. The first-order valence-electron chi connectivity index (χ1n) is 11.2. The van der Waals surface area contributed by atoms with E-state index in [1.54, 1.807) is 6.08 Å². The molecule has 4 aliphatic carbocycles. The van der Waals surface area contributed by atoms with Gasteiger partial charge in [-0.05, 0) is 60.5 Å². The first-order valence-corrected chi connectivity index (χ1v) is 11.6. The SMILES string of the molecule is CC(=O)OCC(=O)[C@@]1(C)[C@H](C)CC2C3CC(Cl)C4=CC(=O)CC[C@]4(C)C3=CC[C@@]21C. The Morgan fingerprint density at radius 2 is 1.90 bits per heavy atom. The van der Waals surface area contributed by atoms with Gasteiger partial charge in [-0.3, -0.25) is 14.4 Å². The first-order chi connectivity index (χ1) is 13.9. The van der Waals surface area contributed by atoms with Crippen LogP contribution < -0.4 is 0 Å². The molecular formula is C25H33ClO4. The molecule has 0 amide bonds. The number of fused-ring (bicyclic) bond motifs is 5. The minimum Gasteiger partial charge on any atom is -0.458 e. The molecule has 0 spiro atoms. The lowest BCUT2D eigenvalue weighted by Gasteiger charge is -2.56. The van der Waals surface area contributed by atoms with Gasteiger partial charge < -0.3 is 4.74 Å². The summed E-state index contributed by atoms with van der Waals surface area (Å²) in [5, 5.41) is -0.136. The maximum Gasteiger partial charge on any atom is 0.303 e. The maximum absolute atomic E-state index is 13.3. The third-order valence-electron chi connectivity index (χ3n) is 9.48. The molecule has 4 rings (SSSR count). The van der Waals surface area contributed by atoms with Crippen LogP contribution in [0.25, 0.3) is 0 Å². The summed E-state index contributed by atoms with van der Waals surface area (Å²) in [6.07, 6.45) is 8.19. The van der Waals surface area contributed by atoms with Crippen molar-refractivity contribution in [2.24, 2.45) is 34.0 Å². The standard InChI is InChI=1S/C25H33ClO4/c1-14-10-19-17-12-21(26)20-11-16(28)6-8-23(20,3)18(17)7-9-24(19,4)25(14,5)22(29)13-30-15(2)27/h7,11,14,17,19,21H,6,8-10,12-13H2,1-5H3/t14-,17?,19?,21?,23-,24+,25-/m1/s1. The van der Waals surface area contributed by atoms with Gasteiger partial charge in [-0.25, -0.2) is 0 Å². The molecule has 3 unspecified atom stereocenters. The van der Waals surface area contributed by atoms with Crippen molar-refractivity contribution in [1.29, 1.82) is 0 Å². The second kappa shape index (κ2) is 7.05. The molecular weight excluding hydrogens is 400 g/mol. The third kappa shape index (κ3) is 2.82. The average molecular weight is 433 g/mol. The third-order valence-corrected chi connectivity index (χ3v) is 9.89. The topological polar surface area (TPSA) is 60.4 Å². The van der Waals surface area contributed by atoms with Gasteiger partial charge in [0.1, 0.15) is 0 Å². The van der Waals surface area contributed by atoms with Crippen molar-refractivity contribution in [1.82, 2.24) is 0 Å². The zero-order chi connectivity index (χ0) is 22.1. The normalized spacial score (nSPS) is 44.9. The van der Waals surface area contributed by atoms with Crippen LogP contribution in [0.5, 0.6) is 0 Å². The highest BCUT2D eigenvalue weighted by Crippen LogP contribution is 2.70.